The third-order valence-corrected chi connectivity index (χ3v) is 4.76. The Morgan fingerprint density at radius 2 is 1.68 bits per heavy atom. The van der Waals surface area contributed by atoms with Gasteiger partial charge in [0.25, 0.3) is 5.91 Å². The van der Waals surface area contributed by atoms with Crippen molar-refractivity contribution < 1.29 is 23.8 Å². The van der Waals surface area contributed by atoms with Crippen LogP contribution in [0.5, 0.6) is 17.2 Å². The van der Waals surface area contributed by atoms with Crippen LogP contribution in [0.3, 0.4) is 0 Å². The van der Waals surface area contributed by atoms with Gasteiger partial charge in [-0.25, -0.2) is 0 Å². The zero-order chi connectivity index (χ0) is 22.8. The Hall–Kier alpha value is -3.22. The highest BCUT2D eigenvalue weighted by Crippen LogP contribution is 2.26. The van der Waals surface area contributed by atoms with Crippen LogP contribution in [-0.4, -0.2) is 50.1 Å². The first-order valence-electron chi connectivity index (χ1n) is 10.3. The SMILES string of the molecule is COc1cccc(CN(C(=O)COc2ccccc2OC)[C@@H](C)C(=O)NCC(C)C)c1. The number of carbonyl (C=O) groups is 2. The summed E-state index contributed by atoms with van der Waals surface area (Å²) in [6.45, 7) is 6.34. The molecule has 31 heavy (non-hydrogen) atoms. The van der Waals surface area contributed by atoms with Crippen LogP contribution < -0.4 is 19.5 Å². The Kier molecular flexibility index (Phi) is 9.18. The van der Waals surface area contributed by atoms with Crippen LogP contribution in [0, 0.1) is 5.92 Å². The molecule has 2 rings (SSSR count). The van der Waals surface area contributed by atoms with Crippen molar-refractivity contribution in [1.82, 2.24) is 10.2 Å². The molecule has 2 amide bonds. The van der Waals surface area contributed by atoms with Gasteiger partial charge in [-0.2, -0.15) is 0 Å². The fourth-order valence-corrected chi connectivity index (χ4v) is 2.96. The van der Waals surface area contributed by atoms with Gasteiger partial charge in [-0.1, -0.05) is 38.1 Å². The van der Waals surface area contributed by atoms with Crippen LogP contribution in [0.25, 0.3) is 0 Å². The molecule has 0 aliphatic heterocycles. The fraction of sp³-hybridized carbons (Fsp3) is 0.417. The number of nitrogens with one attached hydrogen (secondary N) is 1. The smallest absolute Gasteiger partial charge is 0.261 e. The molecule has 0 bridgehead atoms. The minimum Gasteiger partial charge on any atom is -0.497 e. The highest BCUT2D eigenvalue weighted by molar-refractivity contribution is 5.88. The van der Waals surface area contributed by atoms with Crippen molar-refractivity contribution in [2.75, 3.05) is 27.4 Å². The quantitative estimate of drug-likeness (QED) is 0.594. The summed E-state index contributed by atoms with van der Waals surface area (Å²) in [6, 6.07) is 13.9. The Morgan fingerprint density at radius 1 is 0.968 bits per heavy atom. The zero-order valence-electron chi connectivity index (χ0n) is 18.9. The molecule has 0 heterocycles. The summed E-state index contributed by atoms with van der Waals surface area (Å²) in [5.41, 5.74) is 0.855. The molecule has 0 aliphatic carbocycles. The first-order chi connectivity index (χ1) is 14.8. The summed E-state index contributed by atoms with van der Waals surface area (Å²) in [5.74, 6) is 1.50. The third-order valence-electron chi connectivity index (χ3n) is 4.76. The number of rotatable bonds is 11. The van der Waals surface area contributed by atoms with Crippen molar-refractivity contribution in [3.63, 3.8) is 0 Å². The topological polar surface area (TPSA) is 77.1 Å². The lowest BCUT2D eigenvalue weighted by atomic mass is 10.1. The predicted octanol–water partition coefficient (Wildman–Crippen LogP) is 3.27. The normalized spacial score (nSPS) is 11.5. The van der Waals surface area contributed by atoms with Gasteiger partial charge in [-0.3, -0.25) is 9.59 Å². The average molecular weight is 429 g/mol. The first-order valence-corrected chi connectivity index (χ1v) is 10.3. The van der Waals surface area contributed by atoms with Gasteiger partial charge in [0.15, 0.2) is 18.1 Å². The highest BCUT2D eigenvalue weighted by atomic mass is 16.5. The molecule has 0 aromatic heterocycles. The molecule has 0 saturated heterocycles. The van der Waals surface area contributed by atoms with Crippen LogP contribution in [0.1, 0.15) is 26.3 Å². The second-order valence-electron chi connectivity index (χ2n) is 7.63. The molecule has 168 valence electrons. The molecular formula is C24H32N2O5. The molecule has 1 N–H and O–H groups in total. The van der Waals surface area contributed by atoms with E-state index in [1.165, 1.54) is 4.90 Å². The number of amides is 2. The van der Waals surface area contributed by atoms with Crippen molar-refractivity contribution in [3.8, 4) is 17.2 Å². The maximum absolute atomic E-state index is 13.1. The second-order valence-corrected chi connectivity index (χ2v) is 7.63. The fourth-order valence-electron chi connectivity index (χ4n) is 2.96. The van der Waals surface area contributed by atoms with Crippen molar-refractivity contribution in [2.45, 2.75) is 33.4 Å². The Balaban J connectivity index is 2.18. The van der Waals surface area contributed by atoms with Gasteiger partial charge in [0.05, 0.1) is 14.2 Å². The van der Waals surface area contributed by atoms with E-state index < -0.39 is 6.04 Å². The molecule has 0 saturated carbocycles. The maximum Gasteiger partial charge on any atom is 0.261 e. The lowest BCUT2D eigenvalue weighted by Gasteiger charge is -2.29. The van der Waals surface area contributed by atoms with E-state index in [1.807, 2.05) is 44.2 Å². The highest BCUT2D eigenvalue weighted by Gasteiger charge is 2.27. The van der Waals surface area contributed by atoms with Crippen molar-refractivity contribution in [1.29, 1.82) is 0 Å². The van der Waals surface area contributed by atoms with Crippen LogP contribution in [-0.2, 0) is 16.1 Å². The van der Waals surface area contributed by atoms with Crippen molar-refractivity contribution >= 4 is 11.8 Å². The van der Waals surface area contributed by atoms with Crippen molar-refractivity contribution in [3.05, 3.63) is 54.1 Å². The number of hydrogen-bond donors (Lipinski definition) is 1. The molecule has 0 unspecified atom stereocenters. The van der Waals surface area contributed by atoms with Gasteiger partial charge < -0.3 is 24.4 Å². The third kappa shape index (κ3) is 7.20. The van der Waals surface area contributed by atoms with Gasteiger partial charge in [0.2, 0.25) is 5.91 Å². The molecule has 0 aliphatic rings. The van der Waals surface area contributed by atoms with Gasteiger partial charge in [-0.15, -0.1) is 0 Å². The summed E-state index contributed by atoms with van der Waals surface area (Å²) >= 11 is 0. The molecule has 0 radical (unpaired) electrons. The molecule has 7 heteroatoms. The summed E-state index contributed by atoms with van der Waals surface area (Å²) in [5, 5.41) is 2.90. The zero-order valence-corrected chi connectivity index (χ0v) is 18.9. The lowest BCUT2D eigenvalue weighted by molar-refractivity contribution is -0.142. The number of para-hydroxylation sites is 2. The number of methoxy groups -OCH3 is 2. The van der Waals surface area contributed by atoms with Gasteiger partial charge in [0.1, 0.15) is 11.8 Å². The lowest BCUT2D eigenvalue weighted by Crippen LogP contribution is -2.49. The Bertz CT molecular complexity index is 869. The first kappa shape index (κ1) is 24.1. The minimum absolute atomic E-state index is 0.206. The summed E-state index contributed by atoms with van der Waals surface area (Å²) in [6.07, 6.45) is 0. The molecular weight excluding hydrogens is 396 g/mol. The van der Waals surface area contributed by atoms with E-state index in [9.17, 15) is 9.59 Å². The molecule has 2 aromatic carbocycles. The van der Waals surface area contributed by atoms with E-state index in [2.05, 4.69) is 5.32 Å². The van der Waals surface area contributed by atoms with E-state index in [0.29, 0.717) is 29.7 Å². The minimum atomic E-state index is -0.668. The average Bonchev–Trinajstić information content (AvgIpc) is 2.79. The van der Waals surface area contributed by atoms with E-state index in [1.54, 1.807) is 39.3 Å². The summed E-state index contributed by atoms with van der Waals surface area (Å²) in [7, 11) is 3.13. The van der Waals surface area contributed by atoms with E-state index in [-0.39, 0.29) is 25.0 Å². The van der Waals surface area contributed by atoms with Gasteiger partial charge in [0, 0.05) is 13.1 Å². The van der Waals surface area contributed by atoms with Crippen LogP contribution in [0.4, 0.5) is 0 Å². The molecule has 2 aromatic rings. The van der Waals surface area contributed by atoms with Gasteiger partial charge >= 0.3 is 0 Å². The second kappa shape index (κ2) is 11.8. The molecule has 0 fully saturated rings. The summed E-state index contributed by atoms with van der Waals surface area (Å²) in [4.78, 5) is 27.3. The van der Waals surface area contributed by atoms with Crippen LogP contribution in [0.15, 0.2) is 48.5 Å². The molecule has 7 nitrogen and oxygen atoms in total. The predicted molar refractivity (Wildman–Crippen MR) is 119 cm³/mol. The van der Waals surface area contributed by atoms with E-state index >= 15 is 0 Å². The largest absolute Gasteiger partial charge is 0.497 e. The maximum atomic E-state index is 13.1. The monoisotopic (exact) mass is 428 g/mol. The molecule has 1 atom stereocenters. The van der Waals surface area contributed by atoms with Crippen LogP contribution in [0.2, 0.25) is 0 Å². The number of benzene rings is 2. The number of nitrogens with zero attached hydrogens (tertiary/aromatic N) is 1. The number of ether oxygens (including phenoxy) is 3. The van der Waals surface area contributed by atoms with E-state index in [0.717, 1.165) is 5.56 Å². The van der Waals surface area contributed by atoms with Gasteiger partial charge in [-0.05, 0) is 42.7 Å². The van der Waals surface area contributed by atoms with Crippen molar-refractivity contribution in [2.24, 2.45) is 5.92 Å². The number of hydrogen-bond acceptors (Lipinski definition) is 5. The summed E-state index contributed by atoms with van der Waals surface area (Å²) < 4.78 is 16.3. The molecule has 0 spiro atoms. The Labute approximate surface area is 184 Å². The standard InChI is InChI=1S/C24H32N2O5/c1-17(2)14-25-24(28)18(3)26(15-19-9-8-10-20(13-19)29-4)23(27)16-31-22-12-7-6-11-21(22)30-5/h6-13,17-18H,14-16H2,1-5H3,(H,25,28)/t18-/m0/s1. The van der Waals surface area contributed by atoms with Crippen LogP contribution >= 0.6 is 0 Å². The number of carbonyl (C=O) groups excluding carboxylic acids is 2. The van der Waals surface area contributed by atoms with E-state index in [4.69, 9.17) is 14.2 Å². The Morgan fingerprint density at radius 3 is 2.32 bits per heavy atom.